The van der Waals surface area contributed by atoms with Crippen LogP contribution in [-0.4, -0.2) is 13.4 Å². The van der Waals surface area contributed by atoms with Crippen molar-refractivity contribution >= 4 is 33.3 Å². The lowest BCUT2D eigenvalue weighted by Gasteiger charge is -2.00. The molecule has 0 amide bonds. The van der Waals surface area contributed by atoms with Crippen molar-refractivity contribution in [1.29, 1.82) is 5.26 Å². The lowest BCUT2D eigenvalue weighted by molar-refractivity contribution is 0.571. The summed E-state index contributed by atoms with van der Waals surface area (Å²) in [7, 11) is -3.73. The van der Waals surface area contributed by atoms with Crippen LogP contribution in [0, 0.1) is 11.3 Å². The molecule has 0 spiro atoms. The van der Waals surface area contributed by atoms with E-state index in [4.69, 9.17) is 32.8 Å². The van der Waals surface area contributed by atoms with Crippen LogP contribution in [0.1, 0.15) is 5.76 Å². The van der Waals surface area contributed by atoms with Gasteiger partial charge in [0.25, 0.3) is 0 Å². The zero-order valence-corrected chi connectivity index (χ0v) is 12.8. The third kappa shape index (κ3) is 3.59. The number of nitrogens with zero attached hydrogens (tertiary/aromatic N) is 1. The monoisotopic (exact) mass is 333 g/mol. The predicted octanol–water partition coefficient (Wildman–Crippen LogP) is 1.79. The molecule has 0 aliphatic carbocycles. The third-order valence-corrected chi connectivity index (χ3v) is 3.92. The number of rotatable bonds is 4. The molecule has 0 radical (unpaired) electrons. The molecule has 1 heterocycles. The van der Waals surface area contributed by atoms with E-state index in [-0.39, 0.29) is 15.5 Å². The molecule has 0 fully saturated rings. The zero-order valence-electron chi connectivity index (χ0n) is 11.2. The van der Waals surface area contributed by atoms with E-state index in [9.17, 15) is 8.42 Å². The Morgan fingerprint density at radius 3 is 2.36 bits per heavy atom. The number of benzene rings is 1. The fourth-order valence-electron chi connectivity index (χ4n) is 1.70. The van der Waals surface area contributed by atoms with Gasteiger partial charge >= 0.3 is 0 Å². The lowest BCUT2D eigenvalue weighted by Crippen LogP contribution is -2.11. The molecule has 0 unspecified atom stereocenters. The Morgan fingerprint density at radius 2 is 1.86 bits per heavy atom. The van der Waals surface area contributed by atoms with E-state index in [1.165, 1.54) is 18.2 Å². The Morgan fingerprint density at radius 1 is 1.23 bits per heavy atom. The van der Waals surface area contributed by atoms with Gasteiger partial charge in [-0.2, -0.15) is 5.26 Å². The van der Waals surface area contributed by atoms with E-state index in [1.54, 1.807) is 24.3 Å². The normalized spacial score (nSPS) is 11.9. The fraction of sp³-hybridized carbons (Fsp3) is 0. The molecule has 2 rings (SSSR count). The number of furan rings is 1. The van der Waals surface area contributed by atoms with Gasteiger partial charge in [-0.25, -0.2) is 13.6 Å². The highest BCUT2D eigenvalue weighted by Crippen LogP contribution is 2.24. The van der Waals surface area contributed by atoms with E-state index >= 15 is 0 Å². The van der Waals surface area contributed by atoms with Crippen molar-refractivity contribution < 1.29 is 12.8 Å². The first kappa shape index (κ1) is 15.9. The molecule has 6 nitrogen and oxygen atoms in total. The maximum absolute atomic E-state index is 11.2. The van der Waals surface area contributed by atoms with Crippen molar-refractivity contribution in [2.75, 3.05) is 0 Å². The molecule has 0 saturated heterocycles. The topological polar surface area (TPSA) is 123 Å². The third-order valence-electron chi connectivity index (χ3n) is 2.77. The summed E-state index contributed by atoms with van der Waals surface area (Å²) in [6.07, 6.45) is 1.44. The predicted molar refractivity (Wildman–Crippen MR) is 85.9 cm³/mol. The molecule has 2 aromatic rings. The molecule has 1 aromatic carbocycles. The summed E-state index contributed by atoms with van der Waals surface area (Å²) < 4.78 is 27.9. The highest BCUT2D eigenvalue weighted by Gasteiger charge is 2.09. The molecule has 22 heavy (non-hydrogen) atoms. The second-order valence-electron chi connectivity index (χ2n) is 4.31. The zero-order chi connectivity index (χ0) is 16.3. The van der Waals surface area contributed by atoms with Crippen molar-refractivity contribution in [1.82, 2.24) is 0 Å². The van der Waals surface area contributed by atoms with Gasteiger partial charge in [-0.15, -0.1) is 0 Å². The van der Waals surface area contributed by atoms with Crippen molar-refractivity contribution in [3.63, 3.8) is 0 Å². The Hall–Kier alpha value is -2.47. The number of nitriles is 1. The molecule has 112 valence electrons. The van der Waals surface area contributed by atoms with Crippen molar-refractivity contribution in [3.8, 4) is 17.4 Å². The standard InChI is InChI=1S/C14H11N3O3S2/c15-8-10(14(16)21)7-11-3-6-13(20-11)9-1-4-12(5-2-9)22(17,18)19/h1-7H,(H2,16,21)(H2,17,18,19). The van der Waals surface area contributed by atoms with Crippen molar-refractivity contribution in [2.24, 2.45) is 10.9 Å². The average molecular weight is 333 g/mol. The molecule has 4 N–H and O–H groups in total. The summed E-state index contributed by atoms with van der Waals surface area (Å²) >= 11 is 4.74. The summed E-state index contributed by atoms with van der Waals surface area (Å²) in [4.78, 5) is 0.00104. The number of sulfonamides is 1. The Kier molecular flexibility index (Phi) is 4.42. The van der Waals surface area contributed by atoms with Crippen LogP contribution < -0.4 is 10.9 Å². The highest BCUT2D eigenvalue weighted by molar-refractivity contribution is 7.89. The van der Waals surface area contributed by atoms with E-state index in [1.807, 2.05) is 6.07 Å². The van der Waals surface area contributed by atoms with Gasteiger partial charge in [0.1, 0.15) is 22.6 Å². The van der Waals surface area contributed by atoms with Crippen LogP contribution in [0.2, 0.25) is 0 Å². The maximum atomic E-state index is 11.2. The van der Waals surface area contributed by atoms with Gasteiger partial charge in [-0.1, -0.05) is 12.2 Å². The fourth-order valence-corrected chi connectivity index (χ4v) is 2.32. The Labute approximate surface area is 132 Å². The van der Waals surface area contributed by atoms with Crippen LogP contribution in [-0.2, 0) is 10.0 Å². The molecular formula is C14H11N3O3S2. The number of thiocarbonyl (C=S) groups is 1. The first-order chi connectivity index (χ1) is 10.3. The molecule has 0 aliphatic heterocycles. The SMILES string of the molecule is N#CC(=Cc1ccc(-c2ccc(S(N)(=O)=O)cc2)o1)C(N)=S. The molecule has 8 heteroatoms. The van der Waals surface area contributed by atoms with Gasteiger partial charge in [0.05, 0.1) is 10.5 Å². The quantitative estimate of drug-likeness (QED) is 0.499. The minimum absolute atomic E-state index is 0.0158. The minimum Gasteiger partial charge on any atom is -0.457 e. The number of nitrogens with two attached hydrogens (primary N) is 2. The number of hydrogen-bond acceptors (Lipinski definition) is 5. The lowest BCUT2D eigenvalue weighted by atomic mass is 10.2. The summed E-state index contributed by atoms with van der Waals surface area (Å²) in [6, 6.07) is 11.1. The van der Waals surface area contributed by atoms with E-state index < -0.39 is 10.0 Å². The number of hydrogen-bond donors (Lipinski definition) is 2. The van der Waals surface area contributed by atoms with Gasteiger partial charge in [0, 0.05) is 11.6 Å². The summed E-state index contributed by atoms with van der Waals surface area (Å²) in [5, 5.41) is 13.9. The molecule has 1 aromatic heterocycles. The summed E-state index contributed by atoms with van der Waals surface area (Å²) in [5.74, 6) is 0.919. The molecular weight excluding hydrogens is 322 g/mol. The van der Waals surface area contributed by atoms with Gasteiger partial charge in [-0.05, 0) is 36.4 Å². The van der Waals surface area contributed by atoms with Gasteiger partial charge in [0.2, 0.25) is 10.0 Å². The van der Waals surface area contributed by atoms with Crippen LogP contribution in [0.25, 0.3) is 17.4 Å². The van der Waals surface area contributed by atoms with Crippen LogP contribution in [0.5, 0.6) is 0 Å². The van der Waals surface area contributed by atoms with Crippen LogP contribution in [0.3, 0.4) is 0 Å². The van der Waals surface area contributed by atoms with E-state index in [2.05, 4.69) is 0 Å². The van der Waals surface area contributed by atoms with Crippen LogP contribution in [0.15, 0.2) is 51.3 Å². The highest BCUT2D eigenvalue weighted by atomic mass is 32.2. The Bertz CT molecular complexity index is 888. The molecule has 0 atom stereocenters. The van der Waals surface area contributed by atoms with Gasteiger partial charge < -0.3 is 10.2 Å². The smallest absolute Gasteiger partial charge is 0.238 e. The first-order valence-corrected chi connectivity index (χ1v) is 7.91. The van der Waals surface area contributed by atoms with Gasteiger partial charge in [-0.3, -0.25) is 0 Å². The second kappa shape index (κ2) is 6.11. The minimum atomic E-state index is -3.73. The van der Waals surface area contributed by atoms with Crippen LogP contribution >= 0.6 is 12.2 Å². The summed E-state index contributed by atoms with van der Waals surface area (Å²) in [5.41, 5.74) is 6.21. The molecule has 0 bridgehead atoms. The largest absolute Gasteiger partial charge is 0.457 e. The van der Waals surface area contributed by atoms with Gasteiger partial charge in [0.15, 0.2) is 0 Å². The first-order valence-electron chi connectivity index (χ1n) is 5.96. The maximum Gasteiger partial charge on any atom is 0.238 e. The number of primary sulfonamides is 1. The second-order valence-corrected chi connectivity index (χ2v) is 6.31. The van der Waals surface area contributed by atoms with Crippen molar-refractivity contribution in [2.45, 2.75) is 4.90 Å². The van der Waals surface area contributed by atoms with Crippen LogP contribution in [0.4, 0.5) is 0 Å². The summed E-state index contributed by atoms with van der Waals surface area (Å²) in [6.45, 7) is 0. The van der Waals surface area contributed by atoms with E-state index in [0.717, 1.165) is 0 Å². The Balaban J connectivity index is 2.33. The molecule has 0 aliphatic rings. The average Bonchev–Trinajstić information content (AvgIpc) is 2.92. The van der Waals surface area contributed by atoms with Crippen molar-refractivity contribution in [3.05, 3.63) is 47.7 Å². The molecule has 0 saturated carbocycles. The van der Waals surface area contributed by atoms with E-state index in [0.29, 0.717) is 17.1 Å².